The van der Waals surface area contributed by atoms with Gasteiger partial charge in [-0.15, -0.1) is 11.3 Å². The fourth-order valence-corrected chi connectivity index (χ4v) is 2.57. The molecule has 1 amide bonds. The van der Waals surface area contributed by atoms with Gasteiger partial charge in [-0.25, -0.2) is 9.97 Å². The molecule has 0 aromatic carbocycles. The van der Waals surface area contributed by atoms with Gasteiger partial charge in [-0.05, 0) is 12.8 Å². The van der Waals surface area contributed by atoms with Crippen LogP contribution in [-0.2, 0) is 24.2 Å². The summed E-state index contributed by atoms with van der Waals surface area (Å²) in [6.45, 7) is 3.47. The molecule has 0 atom stereocenters. The number of aryl methyl sites for hydroxylation is 2. The van der Waals surface area contributed by atoms with Gasteiger partial charge in [-0.3, -0.25) is 9.48 Å². The fraction of sp³-hybridized carbons (Fsp3) is 0.538. The third-order valence-corrected chi connectivity index (χ3v) is 3.90. The average molecular weight is 293 g/mol. The highest BCUT2D eigenvalue weighted by molar-refractivity contribution is 7.09. The van der Waals surface area contributed by atoms with Crippen LogP contribution in [0.5, 0.6) is 0 Å². The lowest BCUT2D eigenvalue weighted by atomic mass is 10.3. The lowest BCUT2D eigenvalue weighted by Gasteiger charge is -2.04. The van der Waals surface area contributed by atoms with Crippen LogP contribution in [-0.4, -0.2) is 32.2 Å². The lowest BCUT2D eigenvalue weighted by molar-refractivity contribution is -0.121. The van der Waals surface area contributed by atoms with Gasteiger partial charge in [0.15, 0.2) is 0 Å². The highest BCUT2D eigenvalue weighted by Gasteiger charge is 2.03. The summed E-state index contributed by atoms with van der Waals surface area (Å²) in [6.07, 6.45) is 6.21. The van der Waals surface area contributed by atoms with Gasteiger partial charge >= 0.3 is 0 Å². The Morgan fingerprint density at radius 3 is 3.10 bits per heavy atom. The average Bonchev–Trinajstić information content (AvgIpc) is 3.10. The van der Waals surface area contributed by atoms with Crippen LogP contribution in [0.4, 0.5) is 0 Å². The van der Waals surface area contributed by atoms with Crippen LogP contribution < -0.4 is 5.32 Å². The molecule has 0 aliphatic heterocycles. The number of carbonyl (C=O) groups is 1. The van der Waals surface area contributed by atoms with E-state index in [0.29, 0.717) is 13.0 Å². The lowest BCUT2D eigenvalue weighted by Crippen LogP contribution is -2.25. The second-order valence-electron chi connectivity index (χ2n) is 4.45. The first-order chi connectivity index (χ1) is 9.78. The molecule has 0 aliphatic carbocycles. The number of aromatic nitrogens is 4. The molecule has 2 aromatic heterocycles. The highest BCUT2D eigenvalue weighted by Crippen LogP contribution is 2.10. The number of nitrogens with one attached hydrogen (secondary N) is 1. The third kappa shape index (κ3) is 4.73. The molecule has 1 N–H and O–H groups in total. The van der Waals surface area contributed by atoms with E-state index in [1.807, 2.05) is 0 Å². The van der Waals surface area contributed by atoms with E-state index in [-0.39, 0.29) is 5.91 Å². The summed E-state index contributed by atoms with van der Waals surface area (Å²) in [6, 6.07) is 0. The predicted octanol–water partition coefficient (Wildman–Crippen LogP) is 1.44. The van der Waals surface area contributed by atoms with E-state index >= 15 is 0 Å². The molecule has 0 spiro atoms. The van der Waals surface area contributed by atoms with Crippen molar-refractivity contribution in [2.45, 2.75) is 39.2 Å². The summed E-state index contributed by atoms with van der Waals surface area (Å²) < 4.78 is 1.73. The van der Waals surface area contributed by atoms with E-state index in [2.05, 4.69) is 32.7 Å². The maximum Gasteiger partial charge on any atom is 0.220 e. The molecule has 0 saturated carbocycles. The summed E-state index contributed by atoms with van der Waals surface area (Å²) >= 11 is 1.68. The Balaban J connectivity index is 1.58. The van der Waals surface area contributed by atoms with E-state index in [1.165, 1.54) is 6.33 Å². The normalized spacial score (nSPS) is 10.7. The summed E-state index contributed by atoms with van der Waals surface area (Å²) in [5, 5.41) is 10.1. The van der Waals surface area contributed by atoms with Crippen molar-refractivity contribution in [3.8, 4) is 0 Å². The number of hydrogen-bond acceptors (Lipinski definition) is 5. The Bertz CT molecular complexity index is 523. The van der Waals surface area contributed by atoms with Gasteiger partial charge in [0.25, 0.3) is 0 Å². The van der Waals surface area contributed by atoms with Gasteiger partial charge < -0.3 is 5.32 Å². The standard InChI is InChI=1S/C13H19N5OS/c1-2-13-17-11(8-20-13)5-6-15-12(19)4-3-7-18-10-14-9-16-18/h8-10H,2-7H2,1H3,(H,15,19). The zero-order valence-electron chi connectivity index (χ0n) is 11.6. The number of hydrogen-bond donors (Lipinski definition) is 1. The third-order valence-electron chi connectivity index (χ3n) is 2.86. The predicted molar refractivity (Wildman–Crippen MR) is 77.5 cm³/mol. The second kappa shape index (κ2) is 7.74. The van der Waals surface area contributed by atoms with Crippen molar-refractivity contribution in [3.63, 3.8) is 0 Å². The van der Waals surface area contributed by atoms with Crippen LogP contribution in [0.3, 0.4) is 0 Å². The van der Waals surface area contributed by atoms with Crippen LogP contribution in [0.25, 0.3) is 0 Å². The molecule has 0 radical (unpaired) electrons. The molecule has 0 fully saturated rings. The van der Waals surface area contributed by atoms with Gasteiger partial charge in [-0.1, -0.05) is 6.92 Å². The number of rotatable bonds is 8. The Hall–Kier alpha value is -1.76. The van der Waals surface area contributed by atoms with Crippen molar-refractivity contribution in [1.82, 2.24) is 25.1 Å². The van der Waals surface area contributed by atoms with E-state index in [0.717, 1.165) is 36.5 Å². The Morgan fingerprint density at radius 2 is 2.40 bits per heavy atom. The largest absolute Gasteiger partial charge is 0.356 e. The minimum Gasteiger partial charge on any atom is -0.356 e. The van der Waals surface area contributed by atoms with Crippen LogP contribution >= 0.6 is 11.3 Å². The zero-order chi connectivity index (χ0) is 14.2. The van der Waals surface area contributed by atoms with Gasteiger partial charge in [0, 0.05) is 31.3 Å². The first-order valence-corrected chi connectivity index (χ1v) is 7.68. The monoisotopic (exact) mass is 293 g/mol. The van der Waals surface area contributed by atoms with Crippen molar-refractivity contribution in [3.05, 3.63) is 28.7 Å². The van der Waals surface area contributed by atoms with E-state index in [9.17, 15) is 4.79 Å². The Kier molecular flexibility index (Phi) is 5.67. The smallest absolute Gasteiger partial charge is 0.220 e. The minimum absolute atomic E-state index is 0.0797. The van der Waals surface area contributed by atoms with E-state index in [4.69, 9.17) is 0 Å². The minimum atomic E-state index is 0.0797. The SMILES string of the molecule is CCc1nc(CCNC(=O)CCCn2cncn2)cs1. The molecular formula is C13H19N5OS. The van der Waals surface area contributed by atoms with E-state index in [1.54, 1.807) is 22.3 Å². The second-order valence-corrected chi connectivity index (χ2v) is 5.39. The molecular weight excluding hydrogens is 274 g/mol. The molecule has 20 heavy (non-hydrogen) atoms. The summed E-state index contributed by atoms with van der Waals surface area (Å²) in [4.78, 5) is 20.0. The summed E-state index contributed by atoms with van der Waals surface area (Å²) in [7, 11) is 0. The van der Waals surface area contributed by atoms with Crippen LogP contribution in [0.15, 0.2) is 18.0 Å². The molecule has 2 rings (SSSR count). The molecule has 0 aliphatic rings. The van der Waals surface area contributed by atoms with Crippen molar-refractivity contribution < 1.29 is 4.79 Å². The Labute approximate surface area is 122 Å². The zero-order valence-corrected chi connectivity index (χ0v) is 12.4. The quantitative estimate of drug-likeness (QED) is 0.799. The van der Waals surface area contributed by atoms with Crippen LogP contribution in [0, 0.1) is 0 Å². The molecule has 108 valence electrons. The Morgan fingerprint density at radius 1 is 1.50 bits per heavy atom. The number of nitrogens with zero attached hydrogens (tertiary/aromatic N) is 4. The van der Waals surface area contributed by atoms with E-state index < -0.39 is 0 Å². The topological polar surface area (TPSA) is 72.7 Å². The highest BCUT2D eigenvalue weighted by atomic mass is 32.1. The molecule has 0 bridgehead atoms. The van der Waals surface area contributed by atoms with Crippen molar-refractivity contribution >= 4 is 17.2 Å². The maximum atomic E-state index is 11.6. The van der Waals surface area contributed by atoms with Crippen LogP contribution in [0.2, 0.25) is 0 Å². The number of carbonyl (C=O) groups excluding carboxylic acids is 1. The van der Waals surface area contributed by atoms with Gasteiger partial charge in [0.2, 0.25) is 5.91 Å². The number of amides is 1. The maximum absolute atomic E-state index is 11.6. The molecule has 2 aromatic rings. The fourth-order valence-electron chi connectivity index (χ4n) is 1.79. The molecule has 2 heterocycles. The molecule has 0 unspecified atom stereocenters. The van der Waals surface area contributed by atoms with Crippen molar-refractivity contribution in [2.24, 2.45) is 0 Å². The van der Waals surface area contributed by atoms with Crippen LogP contribution in [0.1, 0.15) is 30.5 Å². The van der Waals surface area contributed by atoms with Crippen molar-refractivity contribution in [1.29, 1.82) is 0 Å². The summed E-state index contributed by atoms with van der Waals surface area (Å²) in [5.74, 6) is 0.0797. The first-order valence-electron chi connectivity index (χ1n) is 6.80. The first kappa shape index (κ1) is 14.6. The molecule has 6 nitrogen and oxygen atoms in total. The van der Waals surface area contributed by atoms with Gasteiger partial charge in [0.05, 0.1) is 10.7 Å². The van der Waals surface area contributed by atoms with Crippen molar-refractivity contribution in [2.75, 3.05) is 6.54 Å². The van der Waals surface area contributed by atoms with Gasteiger partial charge in [-0.2, -0.15) is 5.10 Å². The molecule has 7 heteroatoms. The summed E-state index contributed by atoms with van der Waals surface area (Å²) in [5.41, 5.74) is 1.06. The molecule has 0 saturated heterocycles. The number of thiazole rings is 1. The van der Waals surface area contributed by atoms with Gasteiger partial charge in [0.1, 0.15) is 12.7 Å².